The molecule has 1 heterocycles. The Labute approximate surface area is 125 Å². The second-order valence-corrected chi connectivity index (χ2v) is 8.80. The Morgan fingerprint density at radius 3 is 1.90 bits per heavy atom. The molecule has 0 bridgehead atoms. The fraction of sp³-hybridized carbons (Fsp3) is 1.00. The van der Waals surface area contributed by atoms with Crippen molar-refractivity contribution in [1.29, 1.82) is 0 Å². The van der Waals surface area contributed by atoms with Crippen molar-refractivity contribution < 1.29 is 0 Å². The van der Waals surface area contributed by atoms with Gasteiger partial charge >= 0.3 is 0 Å². The Balaban J connectivity index is 1.33. The van der Waals surface area contributed by atoms with E-state index in [9.17, 15) is 0 Å². The van der Waals surface area contributed by atoms with Crippen LogP contribution in [-0.2, 0) is 0 Å². The summed E-state index contributed by atoms with van der Waals surface area (Å²) in [6.45, 7) is 2.58. The lowest BCUT2D eigenvalue weighted by Crippen LogP contribution is -2.35. The van der Waals surface area contributed by atoms with Crippen LogP contribution in [0.4, 0.5) is 0 Å². The molecule has 1 nitrogen and oxygen atoms in total. The van der Waals surface area contributed by atoms with Crippen LogP contribution in [-0.4, -0.2) is 13.1 Å². The highest BCUT2D eigenvalue weighted by molar-refractivity contribution is 4.97. The normalized spacial score (nSPS) is 36.9. The van der Waals surface area contributed by atoms with Gasteiger partial charge in [-0.1, -0.05) is 12.8 Å². The lowest BCUT2D eigenvalue weighted by atomic mass is 9.65. The minimum absolute atomic E-state index is 0.776. The summed E-state index contributed by atoms with van der Waals surface area (Å²) < 4.78 is 0. The summed E-state index contributed by atoms with van der Waals surface area (Å²) in [6, 6.07) is 0. The molecule has 3 aliphatic carbocycles. The summed E-state index contributed by atoms with van der Waals surface area (Å²) in [4.78, 5) is 0. The van der Waals surface area contributed by atoms with Crippen molar-refractivity contribution in [3.63, 3.8) is 0 Å². The molecule has 114 valence electrons. The van der Waals surface area contributed by atoms with Crippen LogP contribution in [0.2, 0.25) is 0 Å². The third-order valence-corrected chi connectivity index (χ3v) is 7.83. The molecule has 1 unspecified atom stereocenters. The van der Waals surface area contributed by atoms with Crippen molar-refractivity contribution in [3.05, 3.63) is 0 Å². The molecule has 4 rings (SSSR count). The van der Waals surface area contributed by atoms with Gasteiger partial charge in [-0.15, -0.1) is 0 Å². The van der Waals surface area contributed by atoms with E-state index in [1.54, 1.807) is 57.8 Å². The Hall–Kier alpha value is -0.0400. The lowest BCUT2D eigenvalue weighted by Gasteiger charge is -2.40. The monoisotopic (exact) mass is 275 g/mol. The van der Waals surface area contributed by atoms with Gasteiger partial charge in [-0.05, 0) is 106 Å². The molecule has 0 aromatic carbocycles. The standard InChI is InChI=1S/C19H33N/c1-2-7-18(6-1)8-3-16(4-9-18)17-5-10-19(15-17)11-13-20-14-12-19/h16-17,20H,1-15H2. The average molecular weight is 275 g/mol. The molecule has 20 heavy (non-hydrogen) atoms. The summed E-state index contributed by atoms with van der Waals surface area (Å²) in [5, 5.41) is 3.56. The zero-order valence-corrected chi connectivity index (χ0v) is 13.3. The molecule has 2 spiro atoms. The molecule has 1 N–H and O–H groups in total. The van der Waals surface area contributed by atoms with E-state index in [0.29, 0.717) is 0 Å². The molecule has 0 radical (unpaired) electrons. The van der Waals surface area contributed by atoms with Gasteiger partial charge in [0.05, 0.1) is 0 Å². The average Bonchev–Trinajstić information content (AvgIpc) is 3.10. The second-order valence-electron chi connectivity index (χ2n) is 8.80. The van der Waals surface area contributed by atoms with Gasteiger partial charge in [-0.25, -0.2) is 0 Å². The molecule has 1 aliphatic heterocycles. The van der Waals surface area contributed by atoms with E-state index in [2.05, 4.69) is 5.32 Å². The number of rotatable bonds is 1. The third kappa shape index (κ3) is 2.45. The molecule has 4 aliphatic rings. The molecular formula is C19H33N. The Bertz CT molecular complexity index is 326. The van der Waals surface area contributed by atoms with Gasteiger partial charge in [0.2, 0.25) is 0 Å². The maximum Gasteiger partial charge on any atom is -0.00436 e. The first-order valence-corrected chi connectivity index (χ1v) is 9.50. The summed E-state index contributed by atoms with van der Waals surface area (Å²) in [7, 11) is 0. The summed E-state index contributed by atoms with van der Waals surface area (Å²) in [5.74, 6) is 2.21. The summed E-state index contributed by atoms with van der Waals surface area (Å²) in [5.41, 5.74) is 1.61. The van der Waals surface area contributed by atoms with Crippen molar-refractivity contribution in [3.8, 4) is 0 Å². The van der Waals surface area contributed by atoms with Crippen LogP contribution < -0.4 is 5.32 Å². The van der Waals surface area contributed by atoms with Gasteiger partial charge in [0.25, 0.3) is 0 Å². The van der Waals surface area contributed by atoms with Gasteiger partial charge in [-0.2, -0.15) is 0 Å². The van der Waals surface area contributed by atoms with E-state index >= 15 is 0 Å². The van der Waals surface area contributed by atoms with E-state index in [4.69, 9.17) is 0 Å². The van der Waals surface area contributed by atoms with E-state index in [0.717, 1.165) is 22.7 Å². The van der Waals surface area contributed by atoms with Gasteiger partial charge in [0.15, 0.2) is 0 Å². The van der Waals surface area contributed by atoms with Crippen LogP contribution in [0.1, 0.15) is 83.5 Å². The number of hydrogen-bond donors (Lipinski definition) is 1. The van der Waals surface area contributed by atoms with Crippen molar-refractivity contribution in [2.75, 3.05) is 13.1 Å². The first-order chi connectivity index (χ1) is 9.79. The molecule has 0 aromatic rings. The third-order valence-electron chi connectivity index (χ3n) is 7.83. The van der Waals surface area contributed by atoms with E-state index in [1.807, 2.05) is 0 Å². The van der Waals surface area contributed by atoms with Crippen LogP contribution in [0.25, 0.3) is 0 Å². The lowest BCUT2D eigenvalue weighted by molar-refractivity contribution is 0.113. The van der Waals surface area contributed by atoms with Crippen LogP contribution in [0.5, 0.6) is 0 Å². The van der Waals surface area contributed by atoms with Crippen molar-refractivity contribution in [2.24, 2.45) is 22.7 Å². The summed E-state index contributed by atoms with van der Waals surface area (Å²) in [6.07, 6.45) is 20.2. The molecule has 1 heteroatoms. The second kappa shape index (κ2) is 5.30. The molecule has 3 saturated carbocycles. The maximum atomic E-state index is 3.56. The quantitative estimate of drug-likeness (QED) is 0.717. The topological polar surface area (TPSA) is 12.0 Å². The predicted octanol–water partition coefficient (Wildman–Crippen LogP) is 4.91. The fourth-order valence-electron chi connectivity index (χ4n) is 6.41. The Morgan fingerprint density at radius 1 is 0.600 bits per heavy atom. The van der Waals surface area contributed by atoms with Crippen LogP contribution in [0, 0.1) is 22.7 Å². The molecule has 0 amide bonds. The minimum atomic E-state index is 0.776. The minimum Gasteiger partial charge on any atom is -0.317 e. The van der Waals surface area contributed by atoms with Crippen LogP contribution >= 0.6 is 0 Å². The van der Waals surface area contributed by atoms with Gasteiger partial charge in [-0.3, -0.25) is 0 Å². The van der Waals surface area contributed by atoms with Crippen LogP contribution in [0.15, 0.2) is 0 Å². The molecule has 1 atom stereocenters. The highest BCUT2D eigenvalue weighted by atomic mass is 14.9. The number of piperidine rings is 1. The first kappa shape index (κ1) is 13.6. The first-order valence-electron chi connectivity index (χ1n) is 9.50. The maximum absolute atomic E-state index is 3.56. The zero-order valence-electron chi connectivity index (χ0n) is 13.3. The van der Waals surface area contributed by atoms with Gasteiger partial charge in [0, 0.05) is 0 Å². The highest BCUT2D eigenvalue weighted by Gasteiger charge is 2.45. The SMILES string of the molecule is C1CCC2(C1)CCC(C1CCC3(CCNCC3)C1)CC2. The largest absolute Gasteiger partial charge is 0.317 e. The molecule has 0 aromatic heterocycles. The molecule has 1 saturated heterocycles. The Morgan fingerprint density at radius 2 is 1.20 bits per heavy atom. The highest BCUT2D eigenvalue weighted by Crippen LogP contribution is 2.56. The van der Waals surface area contributed by atoms with Gasteiger partial charge in [0.1, 0.15) is 0 Å². The van der Waals surface area contributed by atoms with E-state index in [1.165, 1.54) is 38.8 Å². The van der Waals surface area contributed by atoms with Crippen LogP contribution in [0.3, 0.4) is 0 Å². The van der Waals surface area contributed by atoms with Crippen molar-refractivity contribution in [1.82, 2.24) is 5.32 Å². The molecule has 4 fully saturated rings. The van der Waals surface area contributed by atoms with Crippen molar-refractivity contribution >= 4 is 0 Å². The smallest absolute Gasteiger partial charge is 0.00436 e. The van der Waals surface area contributed by atoms with Gasteiger partial charge < -0.3 is 5.32 Å². The summed E-state index contributed by atoms with van der Waals surface area (Å²) >= 11 is 0. The number of hydrogen-bond acceptors (Lipinski definition) is 1. The fourth-order valence-corrected chi connectivity index (χ4v) is 6.41. The molecular weight excluding hydrogens is 242 g/mol. The van der Waals surface area contributed by atoms with E-state index < -0.39 is 0 Å². The Kier molecular flexibility index (Phi) is 3.61. The van der Waals surface area contributed by atoms with Crippen molar-refractivity contribution in [2.45, 2.75) is 83.5 Å². The van der Waals surface area contributed by atoms with E-state index in [-0.39, 0.29) is 0 Å². The zero-order chi connectivity index (χ0) is 13.5. The number of nitrogens with one attached hydrogen (secondary N) is 1. The predicted molar refractivity (Wildman–Crippen MR) is 84.7 cm³/mol.